The number of benzene rings is 4. The second-order valence-electron chi connectivity index (χ2n) is 10.5. The largest absolute Gasteiger partial charge is 0.454 e. The minimum atomic E-state index is -3.80. The van der Waals surface area contributed by atoms with E-state index in [1.807, 2.05) is 48.5 Å². The maximum Gasteiger partial charge on any atom is 0.264 e. The van der Waals surface area contributed by atoms with Gasteiger partial charge in [-0.1, -0.05) is 36.4 Å². The molecule has 45 heavy (non-hydrogen) atoms. The second kappa shape index (κ2) is 11.7. The molecule has 1 N–H and O–H groups in total. The van der Waals surface area contributed by atoms with Crippen LogP contribution < -0.4 is 19.1 Å². The van der Waals surface area contributed by atoms with Crippen molar-refractivity contribution in [3.63, 3.8) is 0 Å². The zero-order valence-electron chi connectivity index (χ0n) is 24.3. The fraction of sp³-hybridized carbons (Fsp3) is 0.118. The van der Waals surface area contributed by atoms with Crippen LogP contribution in [-0.4, -0.2) is 33.1 Å². The van der Waals surface area contributed by atoms with Gasteiger partial charge in [0.2, 0.25) is 6.79 Å². The molecule has 3 heterocycles. The van der Waals surface area contributed by atoms with E-state index in [4.69, 9.17) is 14.5 Å². The molecule has 6 aromatic rings. The van der Waals surface area contributed by atoms with Gasteiger partial charge in [-0.05, 0) is 78.7 Å². The monoisotopic (exact) mass is 653 g/mol. The Hall–Kier alpha value is -4.71. The third-order valence-electron chi connectivity index (χ3n) is 7.68. The van der Waals surface area contributed by atoms with Crippen molar-refractivity contribution in [1.29, 1.82) is 0 Å². The Labute approximate surface area is 268 Å². The number of amides is 1. The summed E-state index contributed by atoms with van der Waals surface area (Å²) in [5.41, 5.74) is 4.78. The zero-order valence-corrected chi connectivity index (χ0v) is 26.8. The molecule has 0 saturated heterocycles. The van der Waals surface area contributed by atoms with Crippen LogP contribution in [-0.2, 0) is 16.4 Å². The second-order valence-corrected chi connectivity index (χ2v) is 14.6. The summed E-state index contributed by atoms with van der Waals surface area (Å²) in [6.45, 7) is 2.27. The van der Waals surface area contributed by atoms with E-state index in [0.29, 0.717) is 22.7 Å². The van der Waals surface area contributed by atoms with E-state index in [1.54, 1.807) is 35.6 Å². The summed E-state index contributed by atoms with van der Waals surface area (Å²) in [5, 5.41) is 4.62. The average Bonchev–Trinajstić information content (AvgIpc) is 3.78. The molecule has 8 nitrogen and oxygen atoms in total. The lowest BCUT2D eigenvalue weighted by atomic mass is 10.1. The van der Waals surface area contributed by atoms with Crippen molar-refractivity contribution in [3.8, 4) is 22.1 Å². The zero-order chi connectivity index (χ0) is 31.1. The molecule has 0 saturated carbocycles. The van der Waals surface area contributed by atoms with Crippen LogP contribution >= 0.6 is 22.7 Å². The van der Waals surface area contributed by atoms with Gasteiger partial charge in [-0.25, -0.2) is 13.4 Å². The first-order chi connectivity index (χ1) is 21.8. The highest BCUT2D eigenvalue weighted by atomic mass is 32.2. The van der Waals surface area contributed by atoms with Crippen molar-refractivity contribution in [2.45, 2.75) is 18.2 Å². The summed E-state index contributed by atoms with van der Waals surface area (Å²) in [6, 6.07) is 28.7. The summed E-state index contributed by atoms with van der Waals surface area (Å²) in [7, 11) is -2.30. The summed E-state index contributed by atoms with van der Waals surface area (Å²) in [5.74, 6) is 1.12. The molecule has 0 unspecified atom stereocenters. The predicted octanol–water partition coefficient (Wildman–Crippen LogP) is 7.73. The first kappa shape index (κ1) is 29.0. The number of ether oxygens (including phenoxy) is 2. The Morgan fingerprint density at radius 1 is 0.911 bits per heavy atom. The van der Waals surface area contributed by atoms with Gasteiger partial charge in [-0.3, -0.25) is 9.10 Å². The minimum absolute atomic E-state index is 0.0959. The number of hydrogen-bond acceptors (Lipinski definition) is 8. The van der Waals surface area contributed by atoms with E-state index in [2.05, 4.69) is 12.2 Å². The maximum atomic E-state index is 13.6. The first-order valence-corrected chi connectivity index (χ1v) is 17.2. The first-order valence-electron chi connectivity index (χ1n) is 14.1. The van der Waals surface area contributed by atoms with Crippen LogP contribution in [0.5, 0.6) is 11.5 Å². The molecular weight excluding hydrogens is 627 g/mol. The van der Waals surface area contributed by atoms with Gasteiger partial charge in [0.1, 0.15) is 10.0 Å². The highest BCUT2D eigenvalue weighted by molar-refractivity contribution is 7.92. The quantitative estimate of drug-likeness (QED) is 0.181. The van der Waals surface area contributed by atoms with Gasteiger partial charge in [0.25, 0.3) is 15.9 Å². The van der Waals surface area contributed by atoms with Gasteiger partial charge in [-0.15, -0.1) is 22.7 Å². The van der Waals surface area contributed by atoms with Crippen molar-refractivity contribution in [2.75, 3.05) is 23.5 Å². The Kier molecular flexibility index (Phi) is 7.52. The number of aromatic nitrogens is 1. The number of hydrogen-bond donors (Lipinski definition) is 1. The lowest BCUT2D eigenvalue weighted by Gasteiger charge is -2.19. The molecule has 1 aliphatic rings. The Bertz CT molecular complexity index is 2120. The highest BCUT2D eigenvalue weighted by Crippen LogP contribution is 2.45. The van der Waals surface area contributed by atoms with Gasteiger partial charge in [0.15, 0.2) is 11.5 Å². The summed E-state index contributed by atoms with van der Waals surface area (Å²) >= 11 is 3.09. The number of nitrogens with one attached hydrogen (secondary N) is 1. The van der Waals surface area contributed by atoms with Gasteiger partial charge in [0, 0.05) is 29.5 Å². The van der Waals surface area contributed by atoms with Crippen molar-refractivity contribution in [1.82, 2.24) is 4.98 Å². The molecule has 4 aromatic carbocycles. The van der Waals surface area contributed by atoms with E-state index < -0.39 is 10.0 Å². The number of carbonyl (C=O) groups excluding carboxylic acids is 1. The minimum Gasteiger partial charge on any atom is -0.454 e. The molecule has 2 aromatic heterocycles. The van der Waals surface area contributed by atoms with Gasteiger partial charge >= 0.3 is 0 Å². The molecule has 0 fully saturated rings. The third kappa shape index (κ3) is 5.54. The van der Waals surface area contributed by atoms with Crippen LogP contribution in [0.4, 0.5) is 10.7 Å². The number of anilines is 2. The van der Waals surface area contributed by atoms with E-state index in [-0.39, 0.29) is 17.6 Å². The average molecular weight is 654 g/mol. The molecule has 0 spiro atoms. The fourth-order valence-electron chi connectivity index (χ4n) is 5.18. The Morgan fingerprint density at radius 2 is 1.64 bits per heavy atom. The number of para-hydroxylation sites is 2. The summed E-state index contributed by atoms with van der Waals surface area (Å²) in [4.78, 5) is 19.7. The fourth-order valence-corrected chi connectivity index (χ4v) is 8.75. The van der Waals surface area contributed by atoms with E-state index in [0.717, 1.165) is 48.3 Å². The number of thiophene rings is 1. The van der Waals surface area contributed by atoms with Crippen LogP contribution in [0, 0.1) is 6.92 Å². The normalized spacial score (nSPS) is 12.4. The van der Waals surface area contributed by atoms with Crippen molar-refractivity contribution >= 4 is 59.5 Å². The number of rotatable bonds is 8. The number of nitrogens with zero attached hydrogens (tertiary/aromatic N) is 2. The number of thiazole rings is 1. The van der Waals surface area contributed by atoms with Crippen molar-refractivity contribution in [3.05, 3.63) is 119 Å². The Balaban J connectivity index is 1.19. The van der Waals surface area contributed by atoms with E-state index in [1.165, 1.54) is 47.0 Å². The van der Waals surface area contributed by atoms with Crippen LogP contribution in [0.1, 0.15) is 26.4 Å². The van der Waals surface area contributed by atoms with E-state index >= 15 is 0 Å². The summed E-state index contributed by atoms with van der Waals surface area (Å²) < 4.78 is 39.8. The number of carbonyl (C=O) groups is 1. The van der Waals surface area contributed by atoms with Gasteiger partial charge in [-0.2, -0.15) is 0 Å². The predicted molar refractivity (Wildman–Crippen MR) is 179 cm³/mol. The molecule has 1 amide bonds. The molecule has 0 radical (unpaired) electrons. The van der Waals surface area contributed by atoms with Crippen LogP contribution in [0.2, 0.25) is 0 Å². The van der Waals surface area contributed by atoms with Gasteiger partial charge < -0.3 is 14.8 Å². The van der Waals surface area contributed by atoms with E-state index in [9.17, 15) is 13.2 Å². The topological polar surface area (TPSA) is 97.8 Å². The molecule has 7 rings (SSSR count). The smallest absolute Gasteiger partial charge is 0.264 e. The molecule has 0 atom stereocenters. The molecule has 226 valence electrons. The molecule has 1 aliphatic heterocycles. The maximum absolute atomic E-state index is 13.6. The van der Waals surface area contributed by atoms with Gasteiger partial charge in [0.05, 0.1) is 20.8 Å². The standard InChI is InChI=1S/C34H27N3O5S3/c1-21-30(19-22-12-17-27-28(18-22)42-20-41-27)44-34(31(21)33-35-26-10-6-7-11-29(26)43-33)36-32(38)23-13-15-25(16-14-23)45(39,40)37(2)24-8-4-3-5-9-24/h3-18H,19-20H2,1-2H3,(H,36,38). The van der Waals surface area contributed by atoms with Crippen molar-refractivity contribution < 1.29 is 22.7 Å². The molecule has 0 aliphatic carbocycles. The SMILES string of the molecule is Cc1c(Cc2ccc3c(c2)OCO3)sc(NC(=O)c2ccc(S(=O)(=O)N(C)c3ccccc3)cc2)c1-c1nc2ccccc2s1. The van der Waals surface area contributed by atoms with Crippen molar-refractivity contribution in [2.24, 2.45) is 0 Å². The summed E-state index contributed by atoms with van der Waals surface area (Å²) in [6.07, 6.45) is 0.641. The van der Waals surface area contributed by atoms with Crippen LogP contribution in [0.25, 0.3) is 20.8 Å². The lowest BCUT2D eigenvalue weighted by Crippen LogP contribution is -2.26. The van der Waals surface area contributed by atoms with Crippen LogP contribution in [0.3, 0.4) is 0 Å². The Morgan fingerprint density at radius 3 is 2.42 bits per heavy atom. The third-order valence-corrected chi connectivity index (χ3v) is 11.7. The highest BCUT2D eigenvalue weighted by Gasteiger charge is 2.24. The number of sulfonamides is 1. The molecule has 11 heteroatoms. The molecular formula is C34H27N3O5S3. The lowest BCUT2D eigenvalue weighted by molar-refractivity contribution is 0.102. The number of fused-ring (bicyclic) bond motifs is 2. The van der Waals surface area contributed by atoms with Crippen LogP contribution in [0.15, 0.2) is 102 Å². The molecule has 0 bridgehead atoms.